The highest BCUT2D eigenvalue weighted by Crippen LogP contribution is 2.28. The highest BCUT2D eigenvalue weighted by atomic mass is 32.2. The van der Waals surface area contributed by atoms with Crippen LogP contribution < -0.4 is 15.0 Å². The summed E-state index contributed by atoms with van der Waals surface area (Å²) in [6.07, 6.45) is 1.13. The molecule has 1 N–H and O–H groups in total. The number of methoxy groups -OCH3 is 1. The average molecular weight is 615 g/mol. The molecule has 232 valence electrons. The Morgan fingerprint density at radius 2 is 1.69 bits per heavy atom. The van der Waals surface area contributed by atoms with Crippen molar-refractivity contribution in [1.82, 2.24) is 14.6 Å². The van der Waals surface area contributed by atoms with E-state index in [0.29, 0.717) is 29.2 Å². The van der Waals surface area contributed by atoms with Crippen molar-refractivity contribution in [2.24, 2.45) is 5.92 Å². The summed E-state index contributed by atoms with van der Waals surface area (Å²) in [4.78, 5) is 40.0. The van der Waals surface area contributed by atoms with Crippen LogP contribution in [0.2, 0.25) is 0 Å². The normalized spacial score (nSPS) is 14.1. The van der Waals surface area contributed by atoms with Gasteiger partial charge in [0.2, 0.25) is 22.2 Å². The summed E-state index contributed by atoms with van der Waals surface area (Å²) in [5, 5.41) is 2.57. The summed E-state index contributed by atoms with van der Waals surface area (Å²) in [6.45, 7) is 4.83. The van der Waals surface area contributed by atoms with Gasteiger partial charge in [-0.3, -0.25) is 19.4 Å². The highest BCUT2D eigenvalue weighted by molar-refractivity contribution is 7.89. The molecule has 1 fully saturated rings. The van der Waals surface area contributed by atoms with Crippen LogP contribution in [0.5, 0.6) is 5.75 Å². The van der Waals surface area contributed by atoms with Gasteiger partial charge in [0.15, 0.2) is 5.78 Å². The van der Waals surface area contributed by atoms with Gasteiger partial charge < -0.3 is 15.0 Å². The van der Waals surface area contributed by atoms with Gasteiger partial charge in [0.25, 0.3) is 0 Å². The number of pyridine rings is 1. The van der Waals surface area contributed by atoms with Crippen molar-refractivity contribution in [1.29, 1.82) is 0 Å². The Balaban J connectivity index is 0.000000928. The highest BCUT2D eigenvalue weighted by Gasteiger charge is 2.27. The molecular weight excluding hydrogens is 577 g/mol. The smallest absolute Gasteiger partial charge is 0.446 e. The van der Waals surface area contributed by atoms with Gasteiger partial charge in [-0.05, 0) is 74.4 Å². The summed E-state index contributed by atoms with van der Waals surface area (Å²) >= 11 is 0. The molecule has 1 amide bonds. The van der Waals surface area contributed by atoms with Crippen molar-refractivity contribution in [2.75, 3.05) is 45.2 Å². The lowest BCUT2D eigenvalue weighted by atomic mass is 9.91. The van der Waals surface area contributed by atoms with Crippen LogP contribution in [-0.2, 0) is 24.4 Å². The number of sulfonamides is 1. The lowest BCUT2D eigenvalue weighted by Gasteiger charge is -2.33. The number of carbonyl (C=O) groups excluding carboxylic acids is 3. The number of piperidine rings is 1. The standard InChI is InChI=1S/C26H36N4O5S.C2HF3O/c1-19-15-24(35-4)16-20(2)26(19)36(33,34)29(3)18-25(32)28-17-23(31)6-5-21-9-13-30(14-10-21)22-7-11-27-12-8-22;3-2(4,5)1-6/h7-8,11-12,15-16,21H,5-6,9-10,13-14,17-18H2,1-4H3,(H,28,32);1H. The van der Waals surface area contributed by atoms with E-state index in [0.717, 1.165) is 36.7 Å². The van der Waals surface area contributed by atoms with Crippen LogP contribution in [0.25, 0.3) is 0 Å². The van der Waals surface area contributed by atoms with Crippen LogP contribution in [-0.4, -0.2) is 82.2 Å². The van der Waals surface area contributed by atoms with Gasteiger partial charge in [-0.25, -0.2) is 8.42 Å². The molecule has 42 heavy (non-hydrogen) atoms. The topological polar surface area (TPSA) is 126 Å². The fourth-order valence-electron chi connectivity index (χ4n) is 4.62. The number of rotatable bonds is 11. The van der Waals surface area contributed by atoms with Crippen molar-refractivity contribution in [2.45, 2.75) is 50.6 Å². The molecule has 1 aliphatic rings. The predicted octanol–water partition coefficient (Wildman–Crippen LogP) is 3.46. The second-order valence-corrected chi connectivity index (χ2v) is 12.0. The van der Waals surface area contributed by atoms with Crippen LogP contribution in [0.3, 0.4) is 0 Å². The number of ether oxygens (including phenoxy) is 1. The third-order valence-corrected chi connectivity index (χ3v) is 8.90. The minimum atomic E-state index is -4.64. The Bertz CT molecular complexity index is 1290. The first-order valence-corrected chi connectivity index (χ1v) is 14.7. The molecule has 1 aromatic carbocycles. The molecule has 0 saturated carbocycles. The van der Waals surface area contributed by atoms with Crippen molar-refractivity contribution in [3.63, 3.8) is 0 Å². The van der Waals surface area contributed by atoms with Crippen LogP contribution in [0.15, 0.2) is 41.6 Å². The molecule has 1 aromatic heterocycles. The first kappa shape index (κ1) is 34.7. The Kier molecular flexibility index (Phi) is 12.9. The number of likely N-dealkylation sites (N-methyl/N-ethyl adjacent to an activating group) is 1. The number of Topliss-reactive ketones (excluding diaryl/α,β-unsaturated/α-hetero) is 1. The van der Waals surface area contributed by atoms with E-state index in [1.54, 1.807) is 38.4 Å². The Hall–Kier alpha value is -3.52. The quantitative estimate of drug-likeness (QED) is 0.382. The van der Waals surface area contributed by atoms with E-state index in [1.165, 1.54) is 19.8 Å². The monoisotopic (exact) mass is 614 g/mol. The summed E-state index contributed by atoms with van der Waals surface area (Å²) in [7, 11) is -1.00. The number of hydrogen-bond acceptors (Lipinski definition) is 8. The van der Waals surface area contributed by atoms with Gasteiger partial charge in [0.1, 0.15) is 5.75 Å². The molecule has 0 unspecified atom stereocenters. The van der Waals surface area contributed by atoms with Gasteiger partial charge in [-0.2, -0.15) is 17.5 Å². The van der Waals surface area contributed by atoms with Crippen LogP contribution >= 0.6 is 0 Å². The van der Waals surface area contributed by atoms with E-state index in [1.807, 2.05) is 12.1 Å². The van der Waals surface area contributed by atoms with Gasteiger partial charge in [-0.15, -0.1) is 0 Å². The predicted molar refractivity (Wildman–Crippen MR) is 151 cm³/mol. The molecule has 0 aliphatic carbocycles. The number of anilines is 1. The second-order valence-electron chi connectivity index (χ2n) is 10.0. The number of halogens is 3. The third kappa shape index (κ3) is 10.7. The number of aryl methyl sites for hydroxylation is 2. The Morgan fingerprint density at radius 3 is 2.19 bits per heavy atom. The SMILES string of the molecule is COc1cc(C)c(S(=O)(=O)N(C)CC(=O)NCC(=O)CCC2CCN(c3ccncc3)CC2)c(C)c1.O=CC(F)(F)F. The first-order valence-electron chi connectivity index (χ1n) is 13.3. The van der Waals surface area contributed by atoms with Crippen molar-refractivity contribution < 1.29 is 40.7 Å². The fourth-order valence-corrected chi connectivity index (χ4v) is 6.15. The van der Waals surface area contributed by atoms with Gasteiger partial charge >= 0.3 is 6.18 Å². The number of aldehydes is 1. The number of amides is 1. The van der Waals surface area contributed by atoms with E-state index >= 15 is 0 Å². The molecule has 14 heteroatoms. The number of aromatic nitrogens is 1. The van der Waals surface area contributed by atoms with Gasteiger partial charge in [-0.1, -0.05) is 0 Å². The largest absolute Gasteiger partial charge is 0.497 e. The number of alkyl halides is 3. The summed E-state index contributed by atoms with van der Waals surface area (Å²) in [5.74, 6) is 0.494. The second kappa shape index (κ2) is 15.6. The Morgan fingerprint density at radius 1 is 1.14 bits per heavy atom. The molecule has 2 heterocycles. The zero-order valence-electron chi connectivity index (χ0n) is 24.1. The lowest BCUT2D eigenvalue weighted by molar-refractivity contribution is -0.156. The number of nitrogens with one attached hydrogen (secondary N) is 1. The summed E-state index contributed by atoms with van der Waals surface area (Å²) < 4.78 is 63.6. The lowest BCUT2D eigenvalue weighted by Crippen LogP contribution is -2.40. The van der Waals surface area contributed by atoms with Crippen LogP contribution in [0.4, 0.5) is 18.9 Å². The van der Waals surface area contributed by atoms with E-state index in [9.17, 15) is 31.2 Å². The number of nitrogens with zero attached hydrogens (tertiary/aromatic N) is 3. The molecule has 0 atom stereocenters. The first-order chi connectivity index (χ1) is 19.7. The van der Waals surface area contributed by atoms with Crippen molar-refractivity contribution in [3.05, 3.63) is 47.8 Å². The third-order valence-electron chi connectivity index (χ3n) is 6.79. The van der Waals surface area contributed by atoms with Gasteiger partial charge in [0.05, 0.1) is 25.1 Å². The zero-order chi connectivity index (χ0) is 31.5. The Labute approximate surface area is 244 Å². The van der Waals surface area contributed by atoms with Crippen molar-refractivity contribution >= 4 is 33.7 Å². The number of ketones is 1. The molecule has 0 bridgehead atoms. The molecule has 10 nitrogen and oxygen atoms in total. The maximum absolute atomic E-state index is 13.1. The molecule has 3 rings (SSSR count). The fraction of sp³-hybridized carbons (Fsp3) is 0.500. The van der Waals surface area contributed by atoms with E-state index in [2.05, 4.69) is 15.2 Å². The molecule has 2 aromatic rings. The number of hydrogen-bond donors (Lipinski definition) is 1. The molecule has 1 saturated heterocycles. The zero-order valence-corrected chi connectivity index (χ0v) is 24.9. The maximum Gasteiger partial charge on any atom is 0.446 e. The van der Waals surface area contributed by atoms with Gasteiger partial charge in [0, 0.05) is 44.6 Å². The van der Waals surface area contributed by atoms with Crippen LogP contribution in [0, 0.1) is 19.8 Å². The summed E-state index contributed by atoms with van der Waals surface area (Å²) in [6, 6.07) is 7.31. The minimum absolute atomic E-state index is 0.0488. The van der Waals surface area contributed by atoms with Crippen LogP contribution in [0.1, 0.15) is 36.8 Å². The van der Waals surface area contributed by atoms with E-state index in [-0.39, 0.29) is 23.8 Å². The number of benzene rings is 1. The average Bonchev–Trinajstić information content (AvgIpc) is 2.95. The van der Waals surface area contributed by atoms with E-state index < -0.39 is 28.4 Å². The minimum Gasteiger partial charge on any atom is -0.497 e. The van der Waals surface area contributed by atoms with Crippen molar-refractivity contribution in [3.8, 4) is 5.75 Å². The molecule has 0 radical (unpaired) electrons. The molecule has 0 spiro atoms. The molecule has 1 aliphatic heterocycles. The number of carbonyl (C=O) groups is 3. The molecular formula is C28H37F3N4O6S. The summed E-state index contributed by atoms with van der Waals surface area (Å²) in [5.41, 5.74) is 2.26. The maximum atomic E-state index is 13.1. The van der Waals surface area contributed by atoms with E-state index in [4.69, 9.17) is 9.53 Å².